The maximum absolute atomic E-state index is 12.0. The Hall–Kier alpha value is -1.85. The average Bonchev–Trinajstić information content (AvgIpc) is 2.70. The zero-order chi connectivity index (χ0) is 14.4. The van der Waals surface area contributed by atoms with E-state index in [1.807, 2.05) is 25.5 Å². The number of carbonyl (C=O) groups excluding carboxylic acids is 2. The molecule has 0 atom stereocenters. The van der Waals surface area contributed by atoms with Crippen molar-refractivity contribution in [1.29, 1.82) is 0 Å². The summed E-state index contributed by atoms with van der Waals surface area (Å²) in [5, 5.41) is 0. The van der Waals surface area contributed by atoms with Gasteiger partial charge in [0.15, 0.2) is 0 Å². The quantitative estimate of drug-likeness (QED) is 0.663. The highest BCUT2D eigenvalue weighted by molar-refractivity contribution is 5.79. The molecular formula is C13H22N4O2. The fraction of sp³-hybridized carbons (Fsp3) is 0.615. The van der Waals surface area contributed by atoms with Crippen LogP contribution in [0.25, 0.3) is 0 Å². The monoisotopic (exact) mass is 266 g/mol. The van der Waals surface area contributed by atoms with E-state index < -0.39 is 0 Å². The summed E-state index contributed by atoms with van der Waals surface area (Å²) >= 11 is 0. The average molecular weight is 266 g/mol. The summed E-state index contributed by atoms with van der Waals surface area (Å²) in [7, 11) is 3.55. The Balaban J connectivity index is 2.58. The fourth-order valence-electron chi connectivity index (χ4n) is 1.98. The molecule has 0 spiro atoms. The third-order valence-electron chi connectivity index (χ3n) is 3.19. The molecule has 0 unspecified atom stereocenters. The number of carbonyl (C=O) groups is 2. The second-order valence-corrected chi connectivity index (χ2v) is 4.63. The summed E-state index contributed by atoms with van der Waals surface area (Å²) in [5.74, 6) is -0.0306. The maximum atomic E-state index is 12.0. The summed E-state index contributed by atoms with van der Waals surface area (Å²) in [6.45, 7) is 5.31. The van der Waals surface area contributed by atoms with Crippen LogP contribution in [0.3, 0.4) is 0 Å². The van der Waals surface area contributed by atoms with Crippen LogP contribution in [0.2, 0.25) is 0 Å². The Bertz CT molecular complexity index is 422. The Kier molecular flexibility index (Phi) is 5.54. The Labute approximate surface area is 114 Å². The van der Waals surface area contributed by atoms with Crippen LogP contribution in [0.5, 0.6) is 0 Å². The van der Waals surface area contributed by atoms with Crippen LogP contribution >= 0.6 is 0 Å². The largest absolute Gasteiger partial charge is 0.341 e. The van der Waals surface area contributed by atoms with Gasteiger partial charge in [0.2, 0.25) is 12.3 Å². The van der Waals surface area contributed by atoms with Gasteiger partial charge in [-0.3, -0.25) is 9.59 Å². The first kappa shape index (κ1) is 15.2. The summed E-state index contributed by atoms with van der Waals surface area (Å²) < 4.78 is 1.98. The van der Waals surface area contributed by atoms with Crippen LogP contribution in [0.1, 0.15) is 18.3 Å². The molecule has 0 bridgehead atoms. The molecule has 0 aliphatic rings. The second-order valence-electron chi connectivity index (χ2n) is 4.63. The van der Waals surface area contributed by atoms with Crippen molar-refractivity contribution in [2.45, 2.75) is 20.3 Å². The van der Waals surface area contributed by atoms with E-state index in [2.05, 4.69) is 4.98 Å². The lowest BCUT2D eigenvalue weighted by Crippen LogP contribution is -2.39. The molecule has 2 amide bonds. The molecule has 19 heavy (non-hydrogen) atoms. The molecule has 106 valence electrons. The molecule has 0 aliphatic carbocycles. The molecule has 0 saturated carbocycles. The molecule has 0 N–H and O–H groups in total. The van der Waals surface area contributed by atoms with Crippen LogP contribution in [-0.2, 0) is 23.1 Å². The zero-order valence-corrected chi connectivity index (χ0v) is 12.1. The van der Waals surface area contributed by atoms with Gasteiger partial charge in [-0.25, -0.2) is 4.98 Å². The van der Waals surface area contributed by atoms with Crippen molar-refractivity contribution >= 4 is 12.3 Å². The molecule has 6 nitrogen and oxygen atoms in total. The van der Waals surface area contributed by atoms with Crippen molar-refractivity contribution in [3.63, 3.8) is 0 Å². The van der Waals surface area contributed by atoms with Crippen LogP contribution in [-0.4, -0.2) is 58.4 Å². The molecule has 1 aromatic heterocycles. The van der Waals surface area contributed by atoms with Gasteiger partial charge in [0.05, 0.1) is 18.6 Å². The molecule has 0 aromatic carbocycles. The van der Waals surface area contributed by atoms with E-state index in [0.717, 1.165) is 17.8 Å². The smallest absolute Gasteiger partial charge is 0.242 e. The van der Waals surface area contributed by atoms with Gasteiger partial charge in [-0.05, 0) is 13.8 Å². The van der Waals surface area contributed by atoms with Crippen molar-refractivity contribution in [3.8, 4) is 0 Å². The minimum absolute atomic E-state index is 0.0306. The SMILES string of the molecule is CCN(CCc1c(C)ncn1C)C(=O)CN(C)C=O. The first-order chi connectivity index (χ1) is 8.99. The maximum Gasteiger partial charge on any atom is 0.242 e. The molecule has 0 saturated heterocycles. The normalized spacial score (nSPS) is 10.3. The summed E-state index contributed by atoms with van der Waals surface area (Å²) in [6.07, 6.45) is 3.21. The first-order valence-corrected chi connectivity index (χ1v) is 6.39. The van der Waals surface area contributed by atoms with Gasteiger partial charge in [0, 0.05) is 39.3 Å². The minimum Gasteiger partial charge on any atom is -0.341 e. The molecule has 0 fully saturated rings. The lowest BCUT2D eigenvalue weighted by Gasteiger charge is -2.23. The highest BCUT2D eigenvalue weighted by Crippen LogP contribution is 2.06. The molecule has 1 heterocycles. The highest BCUT2D eigenvalue weighted by atomic mass is 16.2. The van der Waals surface area contributed by atoms with Crippen molar-refractivity contribution in [2.75, 3.05) is 26.7 Å². The molecule has 0 radical (unpaired) electrons. The molecule has 0 aliphatic heterocycles. The van der Waals surface area contributed by atoms with Crippen molar-refractivity contribution < 1.29 is 9.59 Å². The summed E-state index contributed by atoms with van der Waals surface area (Å²) in [4.78, 5) is 29.8. The topological polar surface area (TPSA) is 58.4 Å². The minimum atomic E-state index is -0.0306. The highest BCUT2D eigenvalue weighted by Gasteiger charge is 2.14. The van der Waals surface area contributed by atoms with Gasteiger partial charge < -0.3 is 14.4 Å². The molecule has 1 aromatic rings. The van der Waals surface area contributed by atoms with Crippen LogP contribution in [0, 0.1) is 6.92 Å². The van der Waals surface area contributed by atoms with Gasteiger partial charge in [0.1, 0.15) is 0 Å². The van der Waals surface area contributed by atoms with Gasteiger partial charge in [-0.1, -0.05) is 0 Å². The van der Waals surface area contributed by atoms with E-state index in [1.54, 1.807) is 18.3 Å². The number of nitrogens with zero attached hydrogens (tertiary/aromatic N) is 4. The number of likely N-dealkylation sites (N-methyl/N-ethyl adjacent to an activating group) is 2. The number of aryl methyl sites for hydroxylation is 2. The van der Waals surface area contributed by atoms with Crippen LogP contribution in [0.4, 0.5) is 0 Å². The molecule has 1 rings (SSSR count). The van der Waals surface area contributed by atoms with Crippen LogP contribution in [0.15, 0.2) is 6.33 Å². The number of hydrogen-bond acceptors (Lipinski definition) is 3. The fourth-order valence-corrected chi connectivity index (χ4v) is 1.98. The Morgan fingerprint density at radius 3 is 2.68 bits per heavy atom. The Morgan fingerprint density at radius 2 is 2.21 bits per heavy atom. The third kappa shape index (κ3) is 4.08. The number of imidazole rings is 1. The van der Waals surface area contributed by atoms with Gasteiger partial charge in [-0.2, -0.15) is 0 Å². The first-order valence-electron chi connectivity index (χ1n) is 6.39. The van der Waals surface area contributed by atoms with Crippen molar-refractivity contribution in [3.05, 3.63) is 17.7 Å². The van der Waals surface area contributed by atoms with E-state index in [0.29, 0.717) is 19.5 Å². The standard InChI is InChI=1S/C13H22N4O2/c1-5-17(13(19)8-15(3)10-18)7-6-12-11(2)14-9-16(12)4/h9-10H,5-8H2,1-4H3. The molecule has 6 heteroatoms. The van der Waals surface area contributed by atoms with E-state index in [4.69, 9.17) is 0 Å². The number of amides is 2. The lowest BCUT2D eigenvalue weighted by molar-refractivity contribution is -0.134. The third-order valence-corrected chi connectivity index (χ3v) is 3.19. The van der Waals surface area contributed by atoms with Crippen LogP contribution < -0.4 is 0 Å². The Morgan fingerprint density at radius 1 is 1.53 bits per heavy atom. The van der Waals surface area contributed by atoms with Gasteiger partial charge in [0.25, 0.3) is 0 Å². The summed E-state index contributed by atoms with van der Waals surface area (Å²) in [5.41, 5.74) is 2.13. The van der Waals surface area contributed by atoms with Crippen molar-refractivity contribution in [1.82, 2.24) is 19.4 Å². The summed E-state index contributed by atoms with van der Waals surface area (Å²) in [6, 6.07) is 0. The van der Waals surface area contributed by atoms with E-state index in [-0.39, 0.29) is 12.5 Å². The number of rotatable bonds is 7. The van der Waals surface area contributed by atoms with E-state index in [9.17, 15) is 9.59 Å². The second kappa shape index (κ2) is 6.92. The number of aromatic nitrogens is 2. The number of hydrogen-bond donors (Lipinski definition) is 0. The van der Waals surface area contributed by atoms with E-state index >= 15 is 0 Å². The predicted molar refractivity (Wildman–Crippen MR) is 72.6 cm³/mol. The van der Waals surface area contributed by atoms with Gasteiger partial charge >= 0.3 is 0 Å². The van der Waals surface area contributed by atoms with Gasteiger partial charge in [-0.15, -0.1) is 0 Å². The zero-order valence-electron chi connectivity index (χ0n) is 12.1. The molecular weight excluding hydrogens is 244 g/mol. The predicted octanol–water partition coefficient (Wildman–Crippen LogP) is 0.208. The lowest BCUT2D eigenvalue weighted by atomic mass is 10.2. The van der Waals surface area contributed by atoms with E-state index in [1.165, 1.54) is 4.90 Å². The van der Waals surface area contributed by atoms with Crippen molar-refractivity contribution in [2.24, 2.45) is 7.05 Å².